The lowest BCUT2D eigenvalue weighted by atomic mass is 10.2. The zero-order valence-electron chi connectivity index (χ0n) is 15.7. The van der Waals surface area contributed by atoms with Gasteiger partial charge in [-0.25, -0.2) is 4.98 Å². The molecule has 1 aliphatic rings. The molecule has 0 unspecified atom stereocenters. The van der Waals surface area contributed by atoms with Crippen LogP contribution in [0, 0.1) is 11.3 Å². The summed E-state index contributed by atoms with van der Waals surface area (Å²) in [6.45, 7) is 7.22. The van der Waals surface area contributed by atoms with E-state index < -0.39 is 0 Å². The third-order valence-corrected chi connectivity index (χ3v) is 5.37. The topological polar surface area (TPSA) is 69.5 Å². The summed E-state index contributed by atoms with van der Waals surface area (Å²) in [5, 5.41) is 10.2. The molecule has 1 fully saturated rings. The Morgan fingerprint density at radius 3 is 2.46 bits per heavy atom. The van der Waals surface area contributed by atoms with Crippen molar-refractivity contribution in [1.29, 1.82) is 5.26 Å². The minimum Gasteiger partial charge on any atom is -0.454 e. The number of aromatic nitrogens is 1. The van der Waals surface area contributed by atoms with Gasteiger partial charge in [-0.05, 0) is 38.1 Å². The number of carbonyl (C=O) groups is 1. The number of ether oxygens (including phenoxy) is 1. The highest BCUT2D eigenvalue weighted by molar-refractivity contribution is 6.42. The number of benzene rings is 1. The van der Waals surface area contributed by atoms with E-state index >= 15 is 0 Å². The minimum atomic E-state index is -0.180. The molecule has 146 valence electrons. The number of hydrogen-bond donors (Lipinski definition) is 0. The molecule has 3 rings (SSSR count). The van der Waals surface area contributed by atoms with E-state index in [0.29, 0.717) is 34.9 Å². The second-order valence-corrected chi connectivity index (χ2v) is 7.57. The number of halogens is 2. The molecule has 1 aromatic carbocycles. The molecule has 28 heavy (non-hydrogen) atoms. The molecule has 1 aromatic heterocycles. The summed E-state index contributed by atoms with van der Waals surface area (Å²) in [5.41, 5.74) is 0.272. The molecule has 2 aromatic rings. The van der Waals surface area contributed by atoms with Gasteiger partial charge in [0.1, 0.15) is 17.5 Å². The number of hydrogen-bond acceptors (Lipinski definition) is 5. The van der Waals surface area contributed by atoms with E-state index in [0.717, 1.165) is 13.1 Å². The first kappa shape index (κ1) is 20.4. The van der Waals surface area contributed by atoms with Crippen molar-refractivity contribution >= 4 is 29.1 Å². The second-order valence-electron chi connectivity index (χ2n) is 6.75. The SMILES string of the molecule is CC(C)N1CCN(C(=O)c2ccc(Oc3ccc(Cl)c(Cl)c3)c(C#N)n2)CC1. The molecular weight excluding hydrogens is 399 g/mol. The van der Waals surface area contributed by atoms with Gasteiger partial charge < -0.3 is 9.64 Å². The molecule has 1 aliphatic heterocycles. The zero-order chi connectivity index (χ0) is 20.3. The number of piperazine rings is 1. The summed E-state index contributed by atoms with van der Waals surface area (Å²) in [4.78, 5) is 21.1. The number of amides is 1. The van der Waals surface area contributed by atoms with Crippen molar-refractivity contribution in [3.8, 4) is 17.6 Å². The van der Waals surface area contributed by atoms with Gasteiger partial charge in [-0.2, -0.15) is 5.26 Å². The molecule has 2 heterocycles. The number of pyridine rings is 1. The normalized spacial score (nSPS) is 14.8. The van der Waals surface area contributed by atoms with Gasteiger partial charge in [-0.1, -0.05) is 23.2 Å². The van der Waals surface area contributed by atoms with Crippen molar-refractivity contribution in [1.82, 2.24) is 14.8 Å². The van der Waals surface area contributed by atoms with Crippen molar-refractivity contribution in [3.63, 3.8) is 0 Å². The number of rotatable bonds is 4. The monoisotopic (exact) mass is 418 g/mol. The van der Waals surface area contributed by atoms with Crippen LogP contribution in [-0.4, -0.2) is 52.9 Å². The fourth-order valence-electron chi connectivity index (χ4n) is 3.00. The first-order valence-electron chi connectivity index (χ1n) is 8.96. The molecule has 0 spiro atoms. The first-order chi connectivity index (χ1) is 13.4. The molecule has 0 radical (unpaired) electrons. The summed E-state index contributed by atoms with van der Waals surface area (Å²) in [6, 6.07) is 10.4. The van der Waals surface area contributed by atoms with Gasteiger partial charge in [0, 0.05) is 38.3 Å². The Bertz CT molecular complexity index is 919. The maximum absolute atomic E-state index is 12.8. The van der Waals surface area contributed by atoms with E-state index in [9.17, 15) is 10.1 Å². The Morgan fingerprint density at radius 2 is 1.86 bits per heavy atom. The van der Waals surface area contributed by atoms with Crippen LogP contribution in [0.1, 0.15) is 30.0 Å². The molecule has 1 saturated heterocycles. The molecule has 0 bridgehead atoms. The van der Waals surface area contributed by atoms with Crippen LogP contribution in [0.4, 0.5) is 0 Å². The Morgan fingerprint density at radius 1 is 1.14 bits per heavy atom. The minimum absolute atomic E-state index is 0.0396. The fraction of sp³-hybridized carbons (Fsp3) is 0.350. The molecule has 0 aliphatic carbocycles. The molecule has 0 saturated carbocycles. The second kappa shape index (κ2) is 8.78. The Kier molecular flexibility index (Phi) is 6.40. The predicted octanol–water partition coefficient (Wildman–Crippen LogP) is 4.22. The Hall–Kier alpha value is -2.33. The van der Waals surface area contributed by atoms with Crippen LogP contribution in [-0.2, 0) is 0 Å². The van der Waals surface area contributed by atoms with Crippen molar-refractivity contribution in [2.24, 2.45) is 0 Å². The van der Waals surface area contributed by atoms with Gasteiger partial charge in [-0.15, -0.1) is 0 Å². The van der Waals surface area contributed by atoms with Crippen molar-refractivity contribution in [2.45, 2.75) is 19.9 Å². The standard InChI is InChI=1S/C20H20Cl2N4O2/c1-13(2)25-7-9-26(10-8-25)20(27)17-5-6-19(18(12-23)24-17)28-14-3-4-15(21)16(22)11-14/h3-6,11,13H,7-10H2,1-2H3. The van der Waals surface area contributed by atoms with Gasteiger partial charge >= 0.3 is 0 Å². The highest BCUT2D eigenvalue weighted by atomic mass is 35.5. The lowest BCUT2D eigenvalue weighted by Crippen LogP contribution is -2.50. The third kappa shape index (κ3) is 4.56. The Balaban J connectivity index is 1.75. The van der Waals surface area contributed by atoms with Crippen LogP contribution in [0.5, 0.6) is 11.5 Å². The zero-order valence-corrected chi connectivity index (χ0v) is 17.2. The smallest absolute Gasteiger partial charge is 0.272 e. The van der Waals surface area contributed by atoms with Gasteiger partial charge in [0.25, 0.3) is 5.91 Å². The summed E-state index contributed by atoms with van der Waals surface area (Å²) < 4.78 is 5.70. The fourth-order valence-corrected chi connectivity index (χ4v) is 3.29. The van der Waals surface area contributed by atoms with Crippen molar-refractivity contribution in [2.75, 3.05) is 26.2 Å². The quantitative estimate of drug-likeness (QED) is 0.742. The largest absolute Gasteiger partial charge is 0.454 e. The van der Waals surface area contributed by atoms with Gasteiger partial charge in [0.15, 0.2) is 11.4 Å². The van der Waals surface area contributed by atoms with Crippen LogP contribution in [0.3, 0.4) is 0 Å². The predicted molar refractivity (Wildman–Crippen MR) is 108 cm³/mol. The lowest BCUT2D eigenvalue weighted by molar-refractivity contribution is 0.0590. The van der Waals surface area contributed by atoms with Crippen LogP contribution >= 0.6 is 23.2 Å². The van der Waals surface area contributed by atoms with Crippen LogP contribution in [0.2, 0.25) is 10.0 Å². The summed E-state index contributed by atoms with van der Waals surface area (Å²) >= 11 is 11.9. The third-order valence-electron chi connectivity index (χ3n) is 4.63. The molecular formula is C20H20Cl2N4O2. The van der Waals surface area contributed by atoms with Crippen LogP contribution < -0.4 is 4.74 Å². The van der Waals surface area contributed by atoms with E-state index in [2.05, 4.69) is 23.7 Å². The Labute approximate surface area is 174 Å². The highest BCUT2D eigenvalue weighted by Gasteiger charge is 2.24. The van der Waals surface area contributed by atoms with E-state index in [1.54, 1.807) is 35.2 Å². The molecule has 8 heteroatoms. The lowest BCUT2D eigenvalue weighted by Gasteiger charge is -2.36. The average Bonchev–Trinajstić information content (AvgIpc) is 2.70. The number of carbonyl (C=O) groups excluding carboxylic acids is 1. The summed E-state index contributed by atoms with van der Waals surface area (Å²) in [5.74, 6) is 0.500. The maximum Gasteiger partial charge on any atom is 0.272 e. The molecule has 6 nitrogen and oxygen atoms in total. The maximum atomic E-state index is 12.8. The average molecular weight is 419 g/mol. The van der Waals surface area contributed by atoms with E-state index in [1.165, 1.54) is 0 Å². The molecule has 0 atom stereocenters. The number of nitriles is 1. The van der Waals surface area contributed by atoms with E-state index in [1.807, 2.05) is 6.07 Å². The van der Waals surface area contributed by atoms with E-state index in [4.69, 9.17) is 27.9 Å². The van der Waals surface area contributed by atoms with E-state index in [-0.39, 0.29) is 23.0 Å². The summed E-state index contributed by atoms with van der Waals surface area (Å²) in [6.07, 6.45) is 0. The summed E-state index contributed by atoms with van der Waals surface area (Å²) in [7, 11) is 0. The molecule has 0 N–H and O–H groups in total. The first-order valence-corrected chi connectivity index (χ1v) is 9.72. The van der Waals surface area contributed by atoms with Gasteiger partial charge in [0.05, 0.1) is 10.0 Å². The van der Waals surface area contributed by atoms with Gasteiger partial charge in [-0.3, -0.25) is 9.69 Å². The van der Waals surface area contributed by atoms with Crippen LogP contribution in [0.15, 0.2) is 30.3 Å². The number of nitrogens with zero attached hydrogens (tertiary/aromatic N) is 4. The van der Waals surface area contributed by atoms with Crippen LogP contribution in [0.25, 0.3) is 0 Å². The van der Waals surface area contributed by atoms with Crippen molar-refractivity contribution in [3.05, 3.63) is 51.8 Å². The molecule has 1 amide bonds. The van der Waals surface area contributed by atoms with Gasteiger partial charge in [0.2, 0.25) is 0 Å². The highest BCUT2D eigenvalue weighted by Crippen LogP contribution is 2.30. The van der Waals surface area contributed by atoms with Crippen molar-refractivity contribution < 1.29 is 9.53 Å².